The second-order valence-corrected chi connectivity index (χ2v) is 7.67. The molecule has 0 bridgehead atoms. The number of hydrogen-bond acceptors (Lipinski definition) is 5. The van der Waals surface area contributed by atoms with Crippen LogP contribution in [0.5, 0.6) is 11.5 Å². The van der Waals surface area contributed by atoms with E-state index in [2.05, 4.69) is 51.2 Å². The van der Waals surface area contributed by atoms with Gasteiger partial charge in [-0.1, -0.05) is 36.4 Å². The molecule has 0 N–H and O–H groups in total. The summed E-state index contributed by atoms with van der Waals surface area (Å²) in [6, 6.07) is 20.7. The van der Waals surface area contributed by atoms with Gasteiger partial charge in [0, 0.05) is 51.7 Å². The van der Waals surface area contributed by atoms with E-state index < -0.39 is 0 Å². The average molecular weight is 404 g/mol. The monoisotopic (exact) mass is 403 g/mol. The summed E-state index contributed by atoms with van der Waals surface area (Å²) >= 11 is 0. The van der Waals surface area contributed by atoms with Gasteiger partial charge in [0.05, 0.1) is 7.11 Å². The number of ether oxygens (including phenoxy) is 2. The van der Waals surface area contributed by atoms with Crippen LogP contribution < -0.4 is 9.47 Å². The minimum atomic E-state index is 0.536. The molecular weight excluding hydrogens is 374 g/mol. The third-order valence-corrected chi connectivity index (χ3v) is 5.49. The molecule has 5 heteroatoms. The largest absolute Gasteiger partial charge is 0.493 e. The maximum atomic E-state index is 6.07. The molecule has 3 aromatic rings. The Balaban J connectivity index is 1.32. The first kappa shape index (κ1) is 20.4. The van der Waals surface area contributed by atoms with Crippen LogP contribution in [0.2, 0.25) is 0 Å². The molecule has 30 heavy (non-hydrogen) atoms. The number of nitrogens with zero attached hydrogens (tertiary/aromatic N) is 3. The zero-order valence-corrected chi connectivity index (χ0v) is 17.5. The van der Waals surface area contributed by atoms with E-state index in [1.807, 2.05) is 36.7 Å². The Morgan fingerprint density at radius 3 is 2.07 bits per heavy atom. The third-order valence-electron chi connectivity index (χ3n) is 5.49. The van der Waals surface area contributed by atoms with Crippen LogP contribution in [0, 0.1) is 0 Å². The van der Waals surface area contributed by atoms with Crippen LogP contribution in [0.1, 0.15) is 16.7 Å². The summed E-state index contributed by atoms with van der Waals surface area (Å²) in [5, 5.41) is 0. The molecule has 1 saturated heterocycles. The molecule has 5 nitrogen and oxygen atoms in total. The van der Waals surface area contributed by atoms with E-state index in [1.54, 1.807) is 7.11 Å². The summed E-state index contributed by atoms with van der Waals surface area (Å²) in [4.78, 5) is 9.12. The summed E-state index contributed by atoms with van der Waals surface area (Å²) in [5.74, 6) is 1.58. The van der Waals surface area contributed by atoms with Crippen LogP contribution in [0.3, 0.4) is 0 Å². The van der Waals surface area contributed by atoms with Gasteiger partial charge in [-0.25, -0.2) is 0 Å². The molecule has 1 aliphatic heterocycles. The van der Waals surface area contributed by atoms with Gasteiger partial charge in [-0.15, -0.1) is 0 Å². The highest BCUT2D eigenvalue weighted by Crippen LogP contribution is 2.29. The number of rotatable bonds is 8. The van der Waals surface area contributed by atoms with Crippen LogP contribution >= 0.6 is 0 Å². The highest BCUT2D eigenvalue weighted by molar-refractivity contribution is 5.43. The molecule has 0 saturated carbocycles. The third kappa shape index (κ3) is 5.59. The highest BCUT2D eigenvalue weighted by Gasteiger charge is 2.18. The summed E-state index contributed by atoms with van der Waals surface area (Å²) in [6.45, 7) is 6.75. The maximum Gasteiger partial charge on any atom is 0.161 e. The summed E-state index contributed by atoms with van der Waals surface area (Å²) in [7, 11) is 1.69. The van der Waals surface area contributed by atoms with Crippen molar-refractivity contribution in [2.45, 2.75) is 19.7 Å². The van der Waals surface area contributed by atoms with Crippen LogP contribution in [-0.2, 0) is 19.7 Å². The number of hydrogen-bond donors (Lipinski definition) is 0. The Kier molecular flexibility index (Phi) is 6.95. The quantitative estimate of drug-likeness (QED) is 0.569. The maximum absolute atomic E-state index is 6.07. The standard InChI is InChI=1S/C25H29N3O2/c1-29-24-8-7-23(17-25(24)30-20-22-5-3-2-4-6-22)19-28-15-13-27(14-16-28)18-21-9-11-26-12-10-21/h2-12,17H,13-16,18-20H2,1H3. The van der Waals surface area contributed by atoms with Gasteiger partial charge in [0.1, 0.15) is 6.61 Å². The number of pyridine rings is 1. The van der Waals surface area contributed by atoms with E-state index in [-0.39, 0.29) is 0 Å². The van der Waals surface area contributed by atoms with Gasteiger partial charge in [-0.3, -0.25) is 14.8 Å². The molecule has 0 radical (unpaired) electrons. The Bertz CT molecular complexity index is 910. The molecule has 0 atom stereocenters. The van der Waals surface area contributed by atoms with E-state index in [1.165, 1.54) is 11.1 Å². The molecule has 2 heterocycles. The van der Waals surface area contributed by atoms with E-state index in [0.717, 1.165) is 56.3 Å². The first-order valence-electron chi connectivity index (χ1n) is 10.5. The second kappa shape index (κ2) is 10.2. The molecule has 0 unspecified atom stereocenters. The average Bonchev–Trinajstić information content (AvgIpc) is 2.80. The lowest BCUT2D eigenvalue weighted by Crippen LogP contribution is -2.45. The predicted molar refractivity (Wildman–Crippen MR) is 119 cm³/mol. The fourth-order valence-electron chi connectivity index (χ4n) is 3.78. The molecule has 1 aliphatic rings. The van der Waals surface area contributed by atoms with Crippen molar-refractivity contribution in [2.24, 2.45) is 0 Å². The van der Waals surface area contributed by atoms with E-state index >= 15 is 0 Å². The zero-order valence-electron chi connectivity index (χ0n) is 17.5. The molecule has 0 spiro atoms. The Hall–Kier alpha value is -2.89. The van der Waals surface area contributed by atoms with E-state index in [0.29, 0.717) is 6.61 Å². The second-order valence-electron chi connectivity index (χ2n) is 7.67. The normalized spacial score (nSPS) is 15.1. The smallest absolute Gasteiger partial charge is 0.161 e. The fraction of sp³-hybridized carbons (Fsp3) is 0.320. The summed E-state index contributed by atoms with van der Waals surface area (Å²) in [6.07, 6.45) is 3.74. The number of methoxy groups -OCH3 is 1. The van der Waals surface area contributed by atoms with Crippen molar-refractivity contribution in [3.05, 3.63) is 89.7 Å². The van der Waals surface area contributed by atoms with Crippen molar-refractivity contribution in [3.8, 4) is 11.5 Å². The lowest BCUT2D eigenvalue weighted by Gasteiger charge is -2.34. The molecule has 0 amide bonds. The van der Waals surface area contributed by atoms with Gasteiger partial charge in [0.2, 0.25) is 0 Å². The van der Waals surface area contributed by atoms with Crippen molar-refractivity contribution in [3.63, 3.8) is 0 Å². The summed E-state index contributed by atoms with van der Waals surface area (Å²) in [5.41, 5.74) is 3.73. The van der Waals surface area contributed by atoms with Crippen LogP contribution in [0.4, 0.5) is 0 Å². The topological polar surface area (TPSA) is 37.8 Å². The van der Waals surface area contributed by atoms with Crippen molar-refractivity contribution >= 4 is 0 Å². The molecule has 2 aromatic carbocycles. The van der Waals surface area contributed by atoms with Gasteiger partial charge in [0.15, 0.2) is 11.5 Å². The van der Waals surface area contributed by atoms with Gasteiger partial charge in [-0.2, -0.15) is 0 Å². The van der Waals surface area contributed by atoms with E-state index in [4.69, 9.17) is 9.47 Å². The SMILES string of the molecule is COc1ccc(CN2CCN(Cc3ccncc3)CC2)cc1OCc1ccccc1. The molecule has 1 aromatic heterocycles. The van der Waals surface area contributed by atoms with Crippen LogP contribution in [0.25, 0.3) is 0 Å². The fourth-order valence-corrected chi connectivity index (χ4v) is 3.78. The van der Waals surface area contributed by atoms with Crippen molar-refractivity contribution in [1.29, 1.82) is 0 Å². The number of benzene rings is 2. The Labute approximate surface area is 178 Å². The number of piperazine rings is 1. The van der Waals surface area contributed by atoms with Crippen LogP contribution in [0.15, 0.2) is 73.1 Å². The number of aromatic nitrogens is 1. The molecule has 1 fully saturated rings. The molecule has 4 rings (SSSR count). The summed E-state index contributed by atoms with van der Waals surface area (Å²) < 4.78 is 11.6. The first-order valence-corrected chi connectivity index (χ1v) is 10.5. The van der Waals surface area contributed by atoms with Crippen LogP contribution in [-0.4, -0.2) is 48.1 Å². The van der Waals surface area contributed by atoms with Crippen molar-refractivity contribution < 1.29 is 9.47 Å². The predicted octanol–water partition coefficient (Wildman–Crippen LogP) is 3.99. The van der Waals surface area contributed by atoms with E-state index in [9.17, 15) is 0 Å². The van der Waals surface area contributed by atoms with Gasteiger partial charge >= 0.3 is 0 Å². The Morgan fingerprint density at radius 1 is 0.733 bits per heavy atom. The van der Waals surface area contributed by atoms with Crippen molar-refractivity contribution in [1.82, 2.24) is 14.8 Å². The van der Waals surface area contributed by atoms with Gasteiger partial charge < -0.3 is 9.47 Å². The first-order chi connectivity index (χ1) is 14.8. The minimum absolute atomic E-state index is 0.536. The Morgan fingerprint density at radius 2 is 1.40 bits per heavy atom. The highest BCUT2D eigenvalue weighted by atomic mass is 16.5. The molecule has 0 aliphatic carbocycles. The lowest BCUT2D eigenvalue weighted by atomic mass is 10.1. The van der Waals surface area contributed by atoms with Gasteiger partial charge in [0.25, 0.3) is 0 Å². The zero-order chi connectivity index (χ0) is 20.6. The van der Waals surface area contributed by atoms with Gasteiger partial charge in [-0.05, 0) is 41.0 Å². The van der Waals surface area contributed by atoms with Crippen molar-refractivity contribution in [2.75, 3.05) is 33.3 Å². The lowest BCUT2D eigenvalue weighted by molar-refractivity contribution is 0.122. The molecular formula is C25H29N3O2. The minimum Gasteiger partial charge on any atom is -0.493 e. The molecule has 156 valence electrons.